The van der Waals surface area contributed by atoms with Crippen molar-refractivity contribution >= 4 is 5.69 Å². The number of allylic oxidation sites excluding steroid dienone is 2. The standard InChI is InChI=1S/C15H17NO/c1-12-5-4-7-14(9-12)16-10-13-6-2-3-8-15(13)17-11-16/h3-5,7-9H,2,6,10-11H2,1H3. The Hall–Kier alpha value is -1.70. The molecule has 3 rings (SSSR count). The number of benzene rings is 1. The van der Waals surface area contributed by atoms with Crippen LogP contribution in [0.25, 0.3) is 0 Å². The van der Waals surface area contributed by atoms with Crippen molar-refractivity contribution in [2.75, 3.05) is 18.2 Å². The Kier molecular flexibility index (Phi) is 2.63. The van der Waals surface area contributed by atoms with Gasteiger partial charge < -0.3 is 9.64 Å². The Morgan fingerprint density at radius 3 is 3.12 bits per heavy atom. The molecule has 1 aromatic rings. The second-order valence-corrected chi connectivity index (χ2v) is 4.72. The van der Waals surface area contributed by atoms with Gasteiger partial charge in [-0.1, -0.05) is 18.2 Å². The summed E-state index contributed by atoms with van der Waals surface area (Å²) in [7, 11) is 0. The third-order valence-corrected chi connectivity index (χ3v) is 3.35. The second-order valence-electron chi connectivity index (χ2n) is 4.72. The molecule has 1 aliphatic heterocycles. The lowest BCUT2D eigenvalue weighted by Crippen LogP contribution is -2.33. The van der Waals surface area contributed by atoms with E-state index in [4.69, 9.17) is 4.74 Å². The minimum atomic E-state index is 0.659. The maximum absolute atomic E-state index is 5.81. The second kappa shape index (κ2) is 4.28. The lowest BCUT2D eigenvalue weighted by molar-refractivity contribution is 0.203. The summed E-state index contributed by atoms with van der Waals surface area (Å²) >= 11 is 0. The molecule has 17 heavy (non-hydrogen) atoms. The minimum absolute atomic E-state index is 0.659. The molecule has 0 fully saturated rings. The first-order valence-electron chi connectivity index (χ1n) is 6.16. The molecule has 0 bridgehead atoms. The van der Waals surface area contributed by atoms with Crippen molar-refractivity contribution < 1.29 is 4.74 Å². The van der Waals surface area contributed by atoms with Gasteiger partial charge in [-0.15, -0.1) is 0 Å². The average molecular weight is 227 g/mol. The van der Waals surface area contributed by atoms with Crippen LogP contribution < -0.4 is 4.90 Å². The van der Waals surface area contributed by atoms with E-state index in [1.54, 1.807) is 0 Å². The van der Waals surface area contributed by atoms with Crippen LogP contribution in [0.5, 0.6) is 0 Å². The van der Waals surface area contributed by atoms with Crippen LogP contribution in [0.4, 0.5) is 5.69 Å². The van der Waals surface area contributed by atoms with Gasteiger partial charge in [0.25, 0.3) is 0 Å². The fourth-order valence-electron chi connectivity index (χ4n) is 2.41. The number of ether oxygens (including phenoxy) is 1. The molecular formula is C15H17NO. The molecule has 1 aliphatic carbocycles. The minimum Gasteiger partial charge on any atom is -0.473 e. The maximum atomic E-state index is 5.81. The van der Waals surface area contributed by atoms with Crippen molar-refractivity contribution in [3.05, 3.63) is 53.3 Å². The highest BCUT2D eigenvalue weighted by molar-refractivity contribution is 5.50. The van der Waals surface area contributed by atoms with E-state index in [-0.39, 0.29) is 0 Å². The highest BCUT2D eigenvalue weighted by Gasteiger charge is 2.20. The summed E-state index contributed by atoms with van der Waals surface area (Å²) < 4.78 is 5.81. The third-order valence-electron chi connectivity index (χ3n) is 3.35. The predicted molar refractivity (Wildman–Crippen MR) is 69.9 cm³/mol. The molecule has 0 N–H and O–H groups in total. The molecule has 2 aliphatic rings. The molecule has 0 amide bonds. The summed E-state index contributed by atoms with van der Waals surface area (Å²) in [4.78, 5) is 2.30. The van der Waals surface area contributed by atoms with E-state index < -0.39 is 0 Å². The number of hydrogen-bond donors (Lipinski definition) is 0. The summed E-state index contributed by atoms with van der Waals surface area (Å²) in [5, 5.41) is 0. The van der Waals surface area contributed by atoms with Gasteiger partial charge in [0.05, 0.1) is 0 Å². The first kappa shape index (κ1) is 10.5. The van der Waals surface area contributed by atoms with E-state index >= 15 is 0 Å². The number of aryl methyl sites for hydroxylation is 1. The topological polar surface area (TPSA) is 12.5 Å². The van der Waals surface area contributed by atoms with Crippen LogP contribution in [0.3, 0.4) is 0 Å². The zero-order valence-corrected chi connectivity index (χ0v) is 10.1. The zero-order valence-electron chi connectivity index (χ0n) is 10.1. The van der Waals surface area contributed by atoms with E-state index in [1.165, 1.54) is 16.8 Å². The van der Waals surface area contributed by atoms with Gasteiger partial charge in [-0.25, -0.2) is 0 Å². The molecule has 0 unspecified atom stereocenters. The van der Waals surface area contributed by atoms with E-state index in [9.17, 15) is 0 Å². The predicted octanol–water partition coefficient (Wildman–Crippen LogP) is 3.39. The van der Waals surface area contributed by atoms with Crippen LogP contribution in [0.2, 0.25) is 0 Å². The fraction of sp³-hybridized carbons (Fsp3) is 0.333. The molecule has 0 radical (unpaired) electrons. The van der Waals surface area contributed by atoms with Crippen molar-refractivity contribution in [2.45, 2.75) is 19.8 Å². The largest absolute Gasteiger partial charge is 0.473 e. The maximum Gasteiger partial charge on any atom is 0.161 e. The first-order chi connectivity index (χ1) is 8.33. The molecule has 88 valence electrons. The lowest BCUT2D eigenvalue weighted by Gasteiger charge is -2.33. The first-order valence-corrected chi connectivity index (χ1v) is 6.16. The quantitative estimate of drug-likeness (QED) is 0.729. The van der Waals surface area contributed by atoms with Crippen LogP contribution in [-0.4, -0.2) is 13.3 Å². The smallest absolute Gasteiger partial charge is 0.161 e. The van der Waals surface area contributed by atoms with Gasteiger partial charge in [0.2, 0.25) is 0 Å². The summed E-state index contributed by atoms with van der Waals surface area (Å²) in [6.07, 6.45) is 6.59. The van der Waals surface area contributed by atoms with Crippen LogP contribution in [-0.2, 0) is 4.74 Å². The van der Waals surface area contributed by atoms with Gasteiger partial charge in [-0.05, 0) is 49.1 Å². The number of hydrogen-bond acceptors (Lipinski definition) is 2. The highest BCUT2D eigenvalue weighted by Crippen LogP contribution is 2.28. The van der Waals surface area contributed by atoms with Crippen molar-refractivity contribution in [1.29, 1.82) is 0 Å². The van der Waals surface area contributed by atoms with Gasteiger partial charge in [0.15, 0.2) is 6.73 Å². The van der Waals surface area contributed by atoms with E-state index in [0.29, 0.717) is 6.73 Å². The molecule has 0 atom stereocenters. The van der Waals surface area contributed by atoms with Crippen molar-refractivity contribution in [3.8, 4) is 0 Å². The molecule has 2 heteroatoms. The molecular weight excluding hydrogens is 210 g/mol. The van der Waals surface area contributed by atoms with Gasteiger partial charge in [-0.3, -0.25) is 0 Å². The summed E-state index contributed by atoms with van der Waals surface area (Å²) in [5.41, 5.74) is 3.98. The Morgan fingerprint density at radius 1 is 1.29 bits per heavy atom. The Bertz CT molecular complexity index is 487. The Morgan fingerprint density at radius 2 is 2.24 bits per heavy atom. The lowest BCUT2D eigenvalue weighted by atomic mass is 10.0. The van der Waals surface area contributed by atoms with Crippen LogP contribution in [0, 0.1) is 6.92 Å². The SMILES string of the molecule is Cc1cccc(N2COC3=C(CCC=C3)C2)c1. The molecule has 2 nitrogen and oxygen atoms in total. The summed E-state index contributed by atoms with van der Waals surface area (Å²) in [6.45, 7) is 3.79. The van der Waals surface area contributed by atoms with Gasteiger partial charge in [0, 0.05) is 12.2 Å². The van der Waals surface area contributed by atoms with Crippen molar-refractivity contribution in [2.24, 2.45) is 0 Å². The molecule has 0 aromatic heterocycles. The molecule has 0 saturated carbocycles. The highest BCUT2D eigenvalue weighted by atomic mass is 16.5. The van der Waals surface area contributed by atoms with Gasteiger partial charge in [-0.2, -0.15) is 0 Å². The molecule has 0 saturated heterocycles. The van der Waals surface area contributed by atoms with E-state index in [1.807, 2.05) is 0 Å². The van der Waals surface area contributed by atoms with E-state index in [2.05, 4.69) is 48.2 Å². The van der Waals surface area contributed by atoms with Gasteiger partial charge >= 0.3 is 0 Å². The molecule has 1 aromatic carbocycles. The molecule has 1 heterocycles. The monoisotopic (exact) mass is 227 g/mol. The van der Waals surface area contributed by atoms with Crippen LogP contribution in [0.1, 0.15) is 18.4 Å². The Balaban J connectivity index is 1.84. The fourth-order valence-corrected chi connectivity index (χ4v) is 2.41. The van der Waals surface area contributed by atoms with E-state index in [0.717, 1.165) is 25.1 Å². The number of nitrogens with zero attached hydrogens (tertiary/aromatic N) is 1. The number of rotatable bonds is 1. The third kappa shape index (κ3) is 2.07. The summed E-state index contributed by atoms with van der Waals surface area (Å²) in [5.74, 6) is 1.10. The normalized spacial score (nSPS) is 19.0. The number of anilines is 1. The zero-order chi connectivity index (χ0) is 11.7. The van der Waals surface area contributed by atoms with Crippen molar-refractivity contribution in [3.63, 3.8) is 0 Å². The molecule has 0 spiro atoms. The van der Waals surface area contributed by atoms with Gasteiger partial charge in [0.1, 0.15) is 5.76 Å². The van der Waals surface area contributed by atoms with Crippen molar-refractivity contribution in [1.82, 2.24) is 0 Å². The average Bonchev–Trinajstić information content (AvgIpc) is 2.38. The van der Waals surface area contributed by atoms with Crippen LogP contribution in [0.15, 0.2) is 47.7 Å². The van der Waals surface area contributed by atoms with Crippen LogP contribution >= 0.6 is 0 Å². The Labute approximate surface area is 102 Å². The summed E-state index contributed by atoms with van der Waals surface area (Å²) in [6, 6.07) is 8.60.